The molecule has 0 spiro atoms. The summed E-state index contributed by atoms with van der Waals surface area (Å²) in [6.07, 6.45) is 4.15. The zero-order valence-corrected chi connectivity index (χ0v) is 16.2. The Labute approximate surface area is 166 Å². The van der Waals surface area contributed by atoms with E-state index in [1.165, 1.54) is 23.1 Å². The van der Waals surface area contributed by atoms with Crippen LogP contribution in [0.2, 0.25) is 0 Å². The van der Waals surface area contributed by atoms with Crippen LogP contribution in [0.5, 0.6) is 0 Å². The predicted molar refractivity (Wildman–Crippen MR) is 112 cm³/mol. The summed E-state index contributed by atoms with van der Waals surface area (Å²) in [5.74, 6) is 1.59. The van der Waals surface area contributed by atoms with Gasteiger partial charge >= 0.3 is 0 Å². The van der Waals surface area contributed by atoms with Gasteiger partial charge in [-0.1, -0.05) is 54.1 Å². The number of fused-ring (bicyclic) bond motifs is 4. The normalized spacial score (nSPS) is 28.8. The molecule has 3 aliphatic heterocycles. The van der Waals surface area contributed by atoms with Crippen molar-refractivity contribution in [3.05, 3.63) is 71.3 Å². The molecule has 2 fully saturated rings. The Morgan fingerprint density at radius 1 is 0.964 bits per heavy atom. The molecule has 2 aromatic carbocycles. The van der Waals surface area contributed by atoms with Gasteiger partial charge in [-0.05, 0) is 48.3 Å². The smallest absolute Gasteiger partial charge is 0.227 e. The van der Waals surface area contributed by atoms with Gasteiger partial charge in [0.25, 0.3) is 0 Å². The molecule has 2 saturated heterocycles. The van der Waals surface area contributed by atoms with Crippen molar-refractivity contribution in [2.75, 3.05) is 18.0 Å². The van der Waals surface area contributed by atoms with Crippen LogP contribution in [-0.2, 0) is 11.3 Å². The Morgan fingerprint density at radius 2 is 1.79 bits per heavy atom. The molecule has 6 rings (SSSR count). The van der Waals surface area contributed by atoms with Gasteiger partial charge in [0.1, 0.15) is 0 Å². The largest absolute Gasteiger partial charge is 0.304 e. The van der Waals surface area contributed by atoms with Gasteiger partial charge in [0.2, 0.25) is 5.91 Å². The van der Waals surface area contributed by atoms with E-state index in [0.717, 1.165) is 38.2 Å². The number of carbonyl (C=O) groups is 1. The summed E-state index contributed by atoms with van der Waals surface area (Å²) < 4.78 is 0. The average Bonchev–Trinajstić information content (AvgIpc) is 3.08. The van der Waals surface area contributed by atoms with E-state index in [4.69, 9.17) is 0 Å². The van der Waals surface area contributed by atoms with Gasteiger partial charge in [-0.2, -0.15) is 0 Å². The van der Waals surface area contributed by atoms with Crippen molar-refractivity contribution in [3.8, 4) is 0 Å². The maximum Gasteiger partial charge on any atom is 0.227 e. The summed E-state index contributed by atoms with van der Waals surface area (Å²) in [6.45, 7) is 3.33. The van der Waals surface area contributed by atoms with Gasteiger partial charge in [-0.3, -0.25) is 9.69 Å². The first-order valence-corrected chi connectivity index (χ1v) is 10.7. The predicted octanol–water partition coefficient (Wildman–Crippen LogP) is 4.49. The lowest BCUT2D eigenvalue weighted by Crippen LogP contribution is -2.51. The molecule has 0 radical (unpaired) electrons. The van der Waals surface area contributed by atoms with E-state index in [2.05, 4.69) is 64.4 Å². The number of rotatable bonds is 2. The molecule has 4 aliphatic rings. The van der Waals surface area contributed by atoms with Crippen LogP contribution < -0.4 is 4.90 Å². The molecule has 1 amide bonds. The highest BCUT2D eigenvalue weighted by Gasteiger charge is 2.50. The molecule has 0 N–H and O–H groups in total. The van der Waals surface area contributed by atoms with Crippen LogP contribution in [0.4, 0.5) is 5.69 Å². The van der Waals surface area contributed by atoms with Crippen LogP contribution in [0.15, 0.2) is 60.2 Å². The van der Waals surface area contributed by atoms with Crippen LogP contribution in [0.25, 0.3) is 5.57 Å². The Balaban J connectivity index is 1.37. The Kier molecular flexibility index (Phi) is 3.73. The minimum atomic E-state index is 0.311. The molecule has 3 nitrogen and oxygen atoms in total. The van der Waals surface area contributed by atoms with Crippen LogP contribution in [-0.4, -0.2) is 29.9 Å². The maximum absolute atomic E-state index is 12.8. The van der Waals surface area contributed by atoms with Gasteiger partial charge in [0.05, 0.1) is 11.7 Å². The van der Waals surface area contributed by atoms with Crippen LogP contribution in [0.1, 0.15) is 36.8 Å². The third-order valence-corrected chi connectivity index (χ3v) is 7.32. The number of hydrogen-bond donors (Lipinski definition) is 0. The van der Waals surface area contributed by atoms with E-state index >= 15 is 0 Å². The number of likely N-dealkylation sites (tertiary alicyclic amines) is 1. The van der Waals surface area contributed by atoms with Crippen molar-refractivity contribution >= 4 is 17.2 Å². The monoisotopic (exact) mass is 370 g/mol. The lowest BCUT2D eigenvalue weighted by molar-refractivity contribution is -0.120. The zero-order chi connectivity index (χ0) is 18.7. The van der Waals surface area contributed by atoms with Crippen LogP contribution >= 0.6 is 0 Å². The molecule has 0 aromatic heterocycles. The van der Waals surface area contributed by atoms with Crippen molar-refractivity contribution < 1.29 is 4.79 Å². The molecular formula is C25H26N2O. The molecule has 3 atom stereocenters. The highest BCUT2D eigenvalue weighted by Crippen LogP contribution is 2.55. The van der Waals surface area contributed by atoms with Gasteiger partial charge in [-0.25, -0.2) is 0 Å². The fraction of sp³-hybridized carbons (Fsp3) is 0.400. The van der Waals surface area contributed by atoms with Gasteiger partial charge < -0.3 is 4.90 Å². The Hall–Kier alpha value is -2.39. The maximum atomic E-state index is 12.8. The lowest BCUT2D eigenvalue weighted by atomic mass is 9.68. The second kappa shape index (κ2) is 6.31. The highest BCUT2D eigenvalue weighted by molar-refractivity contribution is 6.06. The lowest BCUT2D eigenvalue weighted by Gasteiger charge is -2.46. The standard InChI is InChI=1S/C25H26N2O/c28-23-11-10-18-14-19-16-26(15-17-6-2-1-3-7-17)13-12-20(19)24-21-8-4-5-9-22(21)27(23)25(18)24/h1-9,18-19,25H,10-16H2/t18-,19+,25+/m0/s1. The average molecular weight is 370 g/mol. The molecule has 142 valence electrons. The van der Waals surface area contributed by atoms with E-state index in [1.54, 1.807) is 5.57 Å². The number of hydrogen-bond acceptors (Lipinski definition) is 2. The van der Waals surface area contributed by atoms with Crippen LogP contribution in [0, 0.1) is 11.8 Å². The molecular weight excluding hydrogens is 344 g/mol. The topological polar surface area (TPSA) is 23.6 Å². The molecule has 3 heterocycles. The quantitative estimate of drug-likeness (QED) is 0.778. The molecule has 0 unspecified atom stereocenters. The second-order valence-electron chi connectivity index (χ2n) is 8.87. The fourth-order valence-electron chi connectivity index (χ4n) is 6.20. The molecule has 0 bridgehead atoms. The fourth-order valence-corrected chi connectivity index (χ4v) is 6.20. The summed E-state index contributed by atoms with van der Waals surface area (Å²) in [6, 6.07) is 19.8. The number of para-hydroxylation sites is 1. The van der Waals surface area contributed by atoms with Crippen molar-refractivity contribution in [2.24, 2.45) is 11.8 Å². The van der Waals surface area contributed by atoms with Gasteiger partial charge in [0.15, 0.2) is 0 Å². The Bertz CT molecular complexity index is 964. The molecule has 3 heteroatoms. The number of nitrogens with zero attached hydrogens (tertiary/aromatic N) is 2. The first-order valence-electron chi connectivity index (χ1n) is 10.7. The van der Waals surface area contributed by atoms with E-state index in [9.17, 15) is 4.79 Å². The minimum Gasteiger partial charge on any atom is -0.304 e. The number of anilines is 1. The summed E-state index contributed by atoms with van der Waals surface area (Å²) in [5, 5.41) is 0. The number of amides is 1. The summed E-state index contributed by atoms with van der Waals surface area (Å²) in [4.78, 5) is 17.6. The third kappa shape index (κ3) is 2.42. The van der Waals surface area contributed by atoms with Gasteiger partial charge in [0, 0.05) is 31.6 Å². The summed E-state index contributed by atoms with van der Waals surface area (Å²) in [5.41, 5.74) is 7.08. The summed E-state index contributed by atoms with van der Waals surface area (Å²) in [7, 11) is 0. The van der Waals surface area contributed by atoms with Crippen molar-refractivity contribution in [1.29, 1.82) is 0 Å². The minimum absolute atomic E-state index is 0.311. The van der Waals surface area contributed by atoms with E-state index in [0.29, 0.717) is 30.2 Å². The van der Waals surface area contributed by atoms with E-state index in [-0.39, 0.29) is 0 Å². The van der Waals surface area contributed by atoms with Crippen LogP contribution in [0.3, 0.4) is 0 Å². The Morgan fingerprint density at radius 3 is 2.68 bits per heavy atom. The van der Waals surface area contributed by atoms with Crippen molar-refractivity contribution in [3.63, 3.8) is 0 Å². The van der Waals surface area contributed by atoms with Crippen molar-refractivity contribution in [1.82, 2.24) is 4.90 Å². The van der Waals surface area contributed by atoms with Gasteiger partial charge in [-0.15, -0.1) is 0 Å². The van der Waals surface area contributed by atoms with E-state index in [1.807, 2.05) is 0 Å². The first-order chi connectivity index (χ1) is 13.8. The molecule has 0 saturated carbocycles. The first kappa shape index (κ1) is 16.6. The molecule has 1 aliphatic carbocycles. The SMILES string of the molecule is O=C1CC[C@H]2C[C@@H]3CN(Cc4ccccc4)CCC3=C3c4ccccc4N1[C@@H]32. The summed E-state index contributed by atoms with van der Waals surface area (Å²) >= 11 is 0. The van der Waals surface area contributed by atoms with E-state index < -0.39 is 0 Å². The molecule has 28 heavy (non-hydrogen) atoms. The van der Waals surface area contributed by atoms with Crippen molar-refractivity contribution in [2.45, 2.75) is 38.3 Å². The third-order valence-electron chi connectivity index (χ3n) is 7.32. The highest BCUT2D eigenvalue weighted by atomic mass is 16.2. The second-order valence-corrected chi connectivity index (χ2v) is 8.87. The number of benzene rings is 2. The zero-order valence-electron chi connectivity index (χ0n) is 16.2. The number of piperidine rings is 2. The number of carbonyl (C=O) groups excluding carboxylic acids is 1. The molecule has 2 aromatic rings.